The summed E-state index contributed by atoms with van der Waals surface area (Å²) in [6, 6.07) is 19.7. The van der Waals surface area contributed by atoms with Crippen LogP contribution >= 0.6 is 0 Å². The number of pyridine rings is 2. The van der Waals surface area contributed by atoms with E-state index in [1.165, 1.54) is 12.1 Å². The molecular weight excluding hydrogens is 511 g/mol. The zero-order chi connectivity index (χ0) is 27.5. The van der Waals surface area contributed by atoms with Crippen molar-refractivity contribution >= 4 is 22.6 Å². The molecule has 0 saturated carbocycles. The van der Waals surface area contributed by atoms with Crippen LogP contribution in [-0.4, -0.2) is 62.3 Å². The second kappa shape index (κ2) is 11.1. The smallest absolute Gasteiger partial charge is 0.270 e. The number of aromatic hydroxyl groups is 1. The topological polar surface area (TPSA) is 108 Å². The van der Waals surface area contributed by atoms with Crippen LogP contribution in [0.15, 0.2) is 77.3 Å². The fraction of sp³-hybridized carbons (Fsp3) is 0.233. The number of nitrogens with zero attached hydrogens (tertiary/aromatic N) is 6. The Morgan fingerprint density at radius 1 is 0.925 bits per heavy atom. The molecule has 10 heteroatoms. The minimum absolute atomic E-state index is 0.0677. The Kier molecular flexibility index (Phi) is 7.05. The van der Waals surface area contributed by atoms with Crippen molar-refractivity contribution < 1.29 is 18.7 Å². The number of hydrogen-bond acceptors (Lipinski definition) is 8. The molecule has 0 bridgehead atoms. The molecule has 9 nitrogen and oxygen atoms in total. The quantitative estimate of drug-likeness (QED) is 0.325. The maximum absolute atomic E-state index is 13.3. The van der Waals surface area contributed by atoms with Crippen LogP contribution in [0.25, 0.3) is 22.5 Å². The van der Waals surface area contributed by atoms with E-state index < -0.39 is 0 Å². The molecule has 1 aliphatic rings. The van der Waals surface area contributed by atoms with Crippen molar-refractivity contribution in [2.45, 2.75) is 19.3 Å². The molecule has 1 N–H and O–H groups in total. The van der Waals surface area contributed by atoms with Crippen LogP contribution in [0.5, 0.6) is 5.75 Å². The van der Waals surface area contributed by atoms with Gasteiger partial charge in [0.05, 0.1) is 6.42 Å². The molecule has 0 unspecified atom stereocenters. The number of carbonyl (C=O) groups excluding carboxylic acids is 1. The summed E-state index contributed by atoms with van der Waals surface area (Å²) in [7, 11) is 0. The third-order valence-electron chi connectivity index (χ3n) is 7.06. The van der Waals surface area contributed by atoms with Gasteiger partial charge in [-0.1, -0.05) is 42.5 Å². The second-order valence-corrected chi connectivity index (χ2v) is 9.69. The standard InChI is InChI=1S/C30H27FN6O3/c31-22-11-8-21(9-12-22)19-24-34-35-30(40-24)27-28(39)26-23(7-4-14-32-26)29(33-27)37-17-15-36(16-18-37)25(38)13-10-20-5-2-1-3-6-20/h1-9,11-12,14,39H,10,13,15-19H2. The first-order valence-electron chi connectivity index (χ1n) is 13.2. The van der Waals surface area contributed by atoms with Crippen LogP contribution in [0.4, 0.5) is 10.2 Å². The van der Waals surface area contributed by atoms with Crippen LogP contribution in [0.3, 0.4) is 0 Å². The van der Waals surface area contributed by atoms with E-state index >= 15 is 0 Å². The monoisotopic (exact) mass is 538 g/mol. The molecule has 2 aromatic carbocycles. The predicted molar refractivity (Wildman–Crippen MR) is 147 cm³/mol. The molecule has 1 saturated heterocycles. The van der Waals surface area contributed by atoms with Gasteiger partial charge in [-0.05, 0) is 41.8 Å². The average molecular weight is 539 g/mol. The van der Waals surface area contributed by atoms with Gasteiger partial charge in [0.25, 0.3) is 5.89 Å². The molecule has 6 rings (SSSR count). The van der Waals surface area contributed by atoms with Gasteiger partial charge in [-0.2, -0.15) is 0 Å². The zero-order valence-electron chi connectivity index (χ0n) is 21.7. The number of fused-ring (bicyclic) bond motifs is 1. The van der Waals surface area contributed by atoms with Crippen LogP contribution in [0.1, 0.15) is 23.4 Å². The lowest BCUT2D eigenvalue weighted by molar-refractivity contribution is -0.131. The average Bonchev–Trinajstić information content (AvgIpc) is 3.46. The first-order chi connectivity index (χ1) is 19.5. The van der Waals surface area contributed by atoms with Gasteiger partial charge in [-0.3, -0.25) is 9.78 Å². The molecule has 1 amide bonds. The normalized spacial score (nSPS) is 13.6. The van der Waals surface area contributed by atoms with E-state index in [9.17, 15) is 14.3 Å². The van der Waals surface area contributed by atoms with Crippen LogP contribution < -0.4 is 4.90 Å². The number of rotatable bonds is 7. The van der Waals surface area contributed by atoms with Gasteiger partial charge < -0.3 is 19.3 Å². The first kappa shape index (κ1) is 25.4. The fourth-order valence-electron chi connectivity index (χ4n) is 4.92. The molecule has 4 heterocycles. The highest BCUT2D eigenvalue weighted by molar-refractivity contribution is 5.97. The van der Waals surface area contributed by atoms with E-state index in [2.05, 4.69) is 20.1 Å². The summed E-state index contributed by atoms with van der Waals surface area (Å²) in [5.41, 5.74) is 2.48. The minimum Gasteiger partial charge on any atom is -0.504 e. The number of aromatic nitrogens is 4. The van der Waals surface area contributed by atoms with Gasteiger partial charge in [0.2, 0.25) is 11.8 Å². The number of piperazine rings is 1. The molecular formula is C30H27FN6O3. The number of carbonyl (C=O) groups is 1. The lowest BCUT2D eigenvalue weighted by atomic mass is 10.1. The number of amides is 1. The largest absolute Gasteiger partial charge is 0.504 e. The van der Waals surface area contributed by atoms with Gasteiger partial charge >= 0.3 is 0 Å². The Hall–Kier alpha value is -4.86. The van der Waals surface area contributed by atoms with E-state index in [0.29, 0.717) is 68.1 Å². The Bertz CT molecular complexity index is 1630. The number of aryl methyl sites for hydroxylation is 1. The lowest BCUT2D eigenvalue weighted by Gasteiger charge is -2.36. The van der Waals surface area contributed by atoms with Crippen LogP contribution in [0, 0.1) is 5.82 Å². The van der Waals surface area contributed by atoms with Crippen LogP contribution in [-0.2, 0) is 17.6 Å². The van der Waals surface area contributed by atoms with Gasteiger partial charge in [0, 0.05) is 44.2 Å². The number of halogens is 1. The second-order valence-electron chi connectivity index (χ2n) is 9.69. The highest BCUT2D eigenvalue weighted by Crippen LogP contribution is 2.37. The molecule has 0 radical (unpaired) electrons. The summed E-state index contributed by atoms with van der Waals surface area (Å²) in [5, 5.41) is 20.0. The first-order valence-corrected chi connectivity index (χ1v) is 13.2. The number of hydrogen-bond donors (Lipinski definition) is 1. The molecule has 202 valence electrons. The van der Waals surface area contributed by atoms with Crippen molar-refractivity contribution in [3.63, 3.8) is 0 Å². The Balaban J connectivity index is 1.21. The molecule has 3 aromatic heterocycles. The maximum Gasteiger partial charge on any atom is 0.270 e. The van der Waals surface area contributed by atoms with Crippen molar-refractivity contribution in [1.29, 1.82) is 0 Å². The predicted octanol–water partition coefficient (Wildman–Crippen LogP) is 4.40. The minimum atomic E-state index is -0.322. The van der Waals surface area contributed by atoms with Crippen molar-refractivity contribution in [3.8, 4) is 17.3 Å². The Morgan fingerprint density at radius 3 is 2.48 bits per heavy atom. The number of benzene rings is 2. The summed E-state index contributed by atoms with van der Waals surface area (Å²) < 4.78 is 19.1. The molecule has 0 atom stereocenters. The zero-order valence-corrected chi connectivity index (χ0v) is 21.7. The van der Waals surface area contributed by atoms with E-state index in [0.717, 1.165) is 11.1 Å². The van der Waals surface area contributed by atoms with Crippen molar-refractivity contribution in [3.05, 3.63) is 95.8 Å². The van der Waals surface area contributed by atoms with E-state index in [-0.39, 0.29) is 29.1 Å². The summed E-state index contributed by atoms with van der Waals surface area (Å²) >= 11 is 0. The van der Waals surface area contributed by atoms with Crippen molar-refractivity contribution in [2.75, 3.05) is 31.1 Å². The fourth-order valence-corrected chi connectivity index (χ4v) is 4.92. The van der Waals surface area contributed by atoms with Crippen molar-refractivity contribution in [1.82, 2.24) is 25.1 Å². The molecule has 40 heavy (non-hydrogen) atoms. The lowest BCUT2D eigenvalue weighted by Crippen LogP contribution is -2.49. The molecule has 1 fully saturated rings. The highest BCUT2D eigenvalue weighted by Gasteiger charge is 2.27. The van der Waals surface area contributed by atoms with Gasteiger partial charge in [-0.15, -0.1) is 10.2 Å². The van der Waals surface area contributed by atoms with Crippen LogP contribution in [0.2, 0.25) is 0 Å². The third-order valence-corrected chi connectivity index (χ3v) is 7.06. The highest BCUT2D eigenvalue weighted by atomic mass is 19.1. The SMILES string of the molecule is O=C(CCc1ccccc1)N1CCN(c2nc(-c3nnc(Cc4ccc(F)cc4)o3)c(O)c3ncccc23)CC1. The van der Waals surface area contributed by atoms with E-state index in [1.54, 1.807) is 24.4 Å². The summed E-state index contributed by atoms with van der Waals surface area (Å²) in [5.74, 6) is 0.675. The van der Waals surface area contributed by atoms with E-state index in [4.69, 9.17) is 9.40 Å². The Morgan fingerprint density at radius 2 is 1.70 bits per heavy atom. The van der Waals surface area contributed by atoms with Gasteiger partial charge in [0.15, 0.2) is 11.4 Å². The molecule has 5 aromatic rings. The Labute approximate surface area is 229 Å². The number of anilines is 1. The molecule has 1 aliphatic heterocycles. The summed E-state index contributed by atoms with van der Waals surface area (Å²) in [6.45, 7) is 2.29. The molecule has 0 aliphatic carbocycles. The summed E-state index contributed by atoms with van der Waals surface area (Å²) in [4.78, 5) is 26.0. The van der Waals surface area contributed by atoms with Gasteiger partial charge in [-0.25, -0.2) is 9.37 Å². The summed E-state index contributed by atoms with van der Waals surface area (Å²) in [6.07, 6.45) is 3.10. The van der Waals surface area contributed by atoms with E-state index in [1.807, 2.05) is 41.3 Å². The maximum atomic E-state index is 13.3. The van der Waals surface area contributed by atoms with Gasteiger partial charge in [0.1, 0.15) is 17.2 Å². The van der Waals surface area contributed by atoms with Crippen molar-refractivity contribution in [2.24, 2.45) is 0 Å². The third kappa shape index (κ3) is 5.33. The molecule has 0 spiro atoms.